The SMILES string of the molecule is CCCOC(=O)CNCCCCCCCCCCCCNC(=O)CCCCCCC(=O)NCCCCCCCCCCCCNCC(=O)OCCN(C)CC. The van der Waals surface area contributed by atoms with Crippen LogP contribution < -0.4 is 21.3 Å². The number of unbranched alkanes of at least 4 members (excludes halogenated alkanes) is 21. The van der Waals surface area contributed by atoms with Gasteiger partial charge in [0.1, 0.15) is 6.61 Å². The number of likely N-dealkylation sites (N-methyl/N-ethyl adjacent to an activating group) is 1. The molecule has 0 rings (SSSR count). The van der Waals surface area contributed by atoms with Crippen LogP contribution in [0.25, 0.3) is 0 Å². The van der Waals surface area contributed by atoms with E-state index in [1.807, 2.05) is 14.0 Å². The number of hydrogen-bond acceptors (Lipinski definition) is 9. The maximum absolute atomic E-state index is 12.1. The van der Waals surface area contributed by atoms with E-state index in [4.69, 9.17) is 9.47 Å². The Morgan fingerprint density at radius 2 is 0.764 bits per heavy atom. The van der Waals surface area contributed by atoms with E-state index < -0.39 is 0 Å². The standard InChI is InChI=1S/C44H87N5O6/c1-4-37-54-43(52)39-45-32-26-20-14-10-6-8-12-16-22-28-34-47-41(50)30-24-18-19-25-31-42(51)48-35-29-23-17-13-9-7-11-15-21-27-33-46-40-44(53)55-38-36-49(3)5-2/h45-46H,4-40H2,1-3H3,(H,47,50)(H,48,51). The van der Waals surface area contributed by atoms with Crippen LogP contribution >= 0.6 is 0 Å². The van der Waals surface area contributed by atoms with Crippen molar-refractivity contribution < 1.29 is 28.7 Å². The van der Waals surface area contributed by atoms with E-state index >= 15 is 0 Å². The Labute approximate surface area is 337 Å². The van der Waals surface area contributed by atoms with Crippen molar-refractivity contribution in [3.63, 3.8) is 0 Å². The fourth-order valence-electron chi connectivity index (χ4n) is 6.31. The van der Waals surface area contributed by atoms with Gasteiger partial charge in [0.05, 0.1) is 19.7 Å². The predicted molar refractivity (Wildman–Crippen MR) is 227 cm³/mol. The number of nitrogens with one attached hydrogen (secondary N) is 4. The van der Waals surface area contributed by atoms with Gasteiger partial charge in [-0.2, -0.15) is 0 Å². The lowest BCUT2D eigenvalue weighted by Crippen LogP contribution is -2.29. The first-order valence-corrected chi connectivity index (χ1v) is 22.8. The molecule has 0 heterocycles. The molecule has 0 aliphatic rings. The number of carbonyl (C=O) groups excluding carboxylic acids is 4. The van der Waals surface area contributed by atoms with E-state index in [0.717, 1.165) is 97.1 Å². The summed E-state index contributed by atoms with van der Waals surface area (Å²) in [5.41, 5.74) is 0. The van der Waals surface area contributed by atoms with Gasteiger partial charge in [-0.15, -0.1) is 0 Å². The molecule has 0 atom stereocenters. The van der Waals surface area contributed by atoms with E-state index in [0.29, 0.717) is 39.1 Å². The van der Waals surface area contributed by atoms with Gasteiger partial charge in [0.2, 0.25) is 11.8 Å². The molecule has 0 bridgehead atoms. The van der Waals surface area contributed by atoms with Crippen LogP contribution in [0.1, 0.15) is 187 Å². The predicted octanol–water partition coefficient (Wildman–Crippen LogP) is 7.99. The Balaban J connectivity index is 3.30. The van der Waals surface area contributed by atoms with Crippen molar-refractivity contribution in [1.29, 1.82) is 0 Å². The van der Waals surface area contributed by atoms with Crippen molar-refractivity contribution in [2.45, 2.75) is 187 Å². The normalized spacial score (nSPS) is 11.2. The fraction of sp³-hybridized carbons (Fsp3) is 0.909. The molecule has 0 fully saturated rings. The number of nitrogens with zero attached hydrogens (tertiary/aromatic N) is 1. The van der Waals surface area contributed by atoms with Gasteiger partial charge in [-0.1, -0.05) is 129 Å². The van der Waals surface area contributed by atoms with Crippen molar-refractivity contribution in [3.8, 4) is 0 Å². The monoisotopic (exact) mass is 782 g/mol. The maximum Gasteiger partial charge on any atom is 0.319 e. The topological polar surface area (TPSA) is 138 Å². The number of carbonyl (C=O) groups is 4. The zero-order valence-electron chi connectivity index (χ0n) is 36.1. The molecule has 0 aliphatic heterocycles. The first kappa shape index (κ1) is 52.8. The first-order chi connectivity index (χ1) is 26.9. The van der Waals surface area contributed by atoms with E-state index in [9.17, 15) is 19.2 Å². The fourth-order valence-corrected chi connectivity index (χ4v) is 6.31. The van der Waals surface area contributed by atoms with Gasteiger partial charge in [-0.25, -0.2) is 0 Å². The van der Waals surface area contributed by atoms with Crippen LogP contribution in [0.5, 0.6) is 0 Å². The van der Waals surface area contributed by atoms with Crippen LogP contribution in [0.4, 0.5) is 0 Å². The Morgan fingerprint density at radius 1 is 0.436 bits per heavy atom. The molecule has 11 heteroatoms. The minimum Gasteiger partial charge on any atom is -0.465 e. The lowest BCUT2D eigenvalue weighted by Gasteiger charge is -2.13. The van der Waals surface area contributed by atoms with Gasteiger partial charge in [0.25, 0.3) is 0 Å². The molecule has 324 valence electrons. The van der Waals surface area contributed by atoms with Crippen LogP contribution in [0.15, 0.2) is 0 Å². The zero-order chi connectivity index (χ0) is 40.3. The number of amides is 2. The first-order valence-electron chi connectivity index (χ1n) is 22.8. The average Bonchev–Trinajstić information content (AvgIpc) is 3.18. The largest absolute Gasteiger partial charge is 0.465 e. The minimum absolute atomic E-state index is 0.154. The summed E-state index contributed by atoms with van der Waals surface area (Å²) in [4.78, 5) is 49.5. The highest BCUT2D eigenvalue weighted by Gasteiger charge is 2.05. The van der Waals surface area contributed by atoms with Crippen LogP contribution in [-0.4, -0.2) is 101 Å². The van der Waals surface area contributed by atoms with Gasteiger partial charge in [0, 0.05) is 32.5 Å². The molecule has 55 heavy (non-hydrogen) atoms. The summed E-state index contributed by atoms with van der Waals surface area (Å²) in [6.07, 6.45) is 30.2. The van der Waals surface area contributed by atoms with Gasteiger partial charge in [0.15, 0.2) is 0 Å². The van der Waals surface area contributed by atoms with Gasteiger partial charge >= 0.3 is 11.9 Å². The minimum atomic E-state index is -0.165. The molecule has 0 aliphatic carbocycles. The Morgan fingerprint density at radius 3 is 1.13 bits per heavy atom. The smallest absolute Gasteiger partial charge is 0.319 e. The lowest BCUT2D eigenvalue weighted by molar-refractivity contribution is -0.143. The van der Waals surface area contributed by atoms with Crippen LogP contribution in [0.3, 0.4) is 0 Å². The van der Waals surface area contributed by atoms with Crippen LogP contribution in [0.2, 0.25) is 0 Å². The molecule has 0 aromatic rings. The summed E-state index contributed by atoms with van der Waals surface area (Å²) < 4.78 is 10.3. The summed E-state index contributed by atoms with van der Waals surface area (Å²) in [5.74, 6) is 0.000496. The van der Waals surface area contributed by atoms with Crippen LogP contribution in [0, 0.1) is 0 Å². The zero-order valence-corrected chi connectivity index (χ0v) is 36.1. The van der Waals surface area contributed by atoms with Crippen LogP contribution in [-0.2, 0) is 28.7 Å². The molecule has 0 radical (unpaired) electrons. The van der Waals surface area contributed by atoms with Gasteiger partial charge in [-0.3, -0.25) is 19.2 Å². The highest BCUT2D eigenvalue weighted by molar-refractivity contribution is 5.76. The lowest BCUT2D eigenvalue weighted by atomic mass is 10.1. The highest BCUT2D eigenvalue weighted by atomic mass is 16.5. The van der Waals surface area contributed by atoms with E-state index in [1.165, 1.54) is 103 Å². The summed E-state index contributed by atoms with van der Waals surface area (Å²) in [5, 5.41) is 12.5. The quantitative estimate of drug-likeness (QED) is 0.0358. The molecule has 4 N–H and O–H groups in total. The third kappa shape index (κ3) is 42.7. The molecule has 0 spiro atoms. The van der Waals surface area contributed by atoms with E-state index in [2.05, 4.69) is 33.1 Å². The van der Waals surface area contributed by atoms with Crippen molar-refractivity contribution in [3.05, 3.63) is 0 Å². The molecule has 0 unspecified atom stereocenters. The third-order valence-corrected chi connectivity index (χ3v) is 10.0. The van der Waals surface area contributed by atoms with E-state index in [1.54, 1.807) is 0 Å². The molecular formula is C44H87N5O6. The molecule has 0 aromatic carbocycles. The summed E-state index contributed by atoms with van der Waals surface area (Å²) in [7, 11) is 2.02. The molecule has 0 aromatic heterocycles. The van der Waals surface area contributed by atoms with Crippen molar-refractivity contribution in [2.75, 3.05) is 72.6 Å². The summed E-state index contributed by atoms with van der Waals surface area (Å²) in [6.45, 7) is 10.7. The number of hydrogen-bond donors (Lipinski definition) is 4. The second-order valence-corrected chi connectivity index (χ2v) is 15.4. The second-order valence-electron chi connectivity index (χ2n) is 15.4. The molecule has 0 saturated carbocycles. The highest BCUT2D eigenvalue weighted by Crippen LogP contribution is 2.12. The Kier molecular flexibility index (Phi) is 41.1. The second kappa shape index (κ2) is 42.9. The van der Waals surface area contributed by atoms with Crippen molar-refractivity contribution >= 4 is 23.8 Å². The molecule has 2 amide bonds. The van der Waals surface area contributed by atoms with Gasteiger partial charge in [-0.05, 0) is 71.6 Å². The number of ether oxygens (including phenoxy) is 2. The van der Waals surface area contributed by atoms with E-state index in [-0.39, 0.29) is 23.8 Å². The molecule has 11 nitrogen and oxygen atoms in total. The summed E-state index contributed by atoms with van der Waals surface area (Å²) >= 11 is 0. The maximum atomic E-state index is 12.1. The summed E-state index contributed by atoms with van der Waals surface area (Å²) in [6, 6.07) is 0. The van der Waals surface area contributed by atoms with Gasteiger partial charge < -0.3 is 35.6 Å². The van der Waals surface area contributed by atoms with Crippen molar-refractivity contribution in [1.82, 2.24) is 26.2 Å². The van der Waals surface area contributed by atoms with Crippen molar-refractivity contribution in [2.24, 2.45) is 0 Å². The molecule has 0 saturated heterocycles. The third-order valence-electron chi connectivity index (χ3n) is 10.0. The Bertz CT molecular complexity index is 893. The average molecular weight is 782 g/mol. The number of rotatable bonds is 43. The molecular weight excluding hydrogens is 695 g/mol. The number of esters is 2. The Hall–Kier alpha value is -2.24.